The zero-order chi connectivity index (χ0) is 9.94. The number of hydrogen-bond donors (Lipinski definition) is 4. The molecule has 0 rings (SSSR count). The molecule has 9 heteroatoms. The standard InChI is InChI=1S/C4H7O7P.Sr.2H/c5-3(6)1-2(4(7)8)12(9,10)11;;;/h2H,1H2,(H,5,6)(H,7,8)(H2,9,10,11);;;. The van der Waals surface area contributed by atoms with Gasteiger partial charge in [0.05, 0.1) is 6.42 Å². The van der Waals surface area contributed by atoms with Gasteiger partial charge in [-0.05, 0) is 0 Å². The van der Waals surface area contributed by atoms with Crippen molar-refractivity contribution in [1.82, 2.24) is 0 Å². The summed E-state index contributed by atoms with van der Waals surface area (Å²) in [6.07, 6.45) is -1.08. The van der Waals surface area contributed by atoms with Crippen molar-refractivity contribution in [1.29, 1.82) is 0 Å². The van der Waals surface area contributed by atoms with Crippen molar-refractivity contribution in [3.05, 3.63) is 0 Å². The van der Waals surface area contributed by atoms with Gasteiger partial charge in [0.25, 0.3) is 0 Å². The van der Waals surface area contributed by atoms with Crippen LogP contribution in [0, 0.1) is 0 Å². The summed E-state index contributed by atoms with van der Waals surface area (Å²) in [6, 6.07) is 0. The van der Waals surface area contributed by atoms with Crippen molar-refractivity contribution >= 4 is 65.0 Å². The minimum absolute atomic E-state index is 0. The quantitative estimate of drug-likeness (QED) is 0.353. The summed E-state index contributed by atoms with van der Waals surface area (Å²) in [6.45, 7) is 0. The molecule has 7 nitrogen and oxygen atoms in total. The molecule has 0 aliphatic rings. The Kier molecular flexibility index (Phi) is 7.55. The number of rotatable bonds is 4. The van der Waals surface area contributed by atoms with Gasteiger partial charge in [-0.1, -0.05) is 0 Å². The van der Waals surface area contributed by atoms with Gasteiger partial charge in [-0.15, -0.1) is 0 Å². The molecule has 74 valence electrons. The van der Waals surface area contributed by atoms with Crippen molar-refractivity contribution in [3.63, 3.8) is 0 Å². The van der Waals surface area contributed by atoms with Crippen molar-refractivity contribution < 1.29 is 34.2 Å². The summed E-state index contributed by atoms with van der Waals surface area (Å²) in [5, 5.41) is 16.3. The molecule has 0 fully saturated rings. The van der Waals surface area contributed by atoms with Crippen LogP contribution >= 0.6 is 7.60 Å². The van der Waals surface area contributed by atoms with Crippen LogP contribution in [0.5, 0.6) is 0 Å². The Labute approximate surface area is 110 Å². The van der Waals surface area contributed by atoms with Gasteiger partial charge in [-0.2, -0.15) is 0 Å². The maximum atomic E-state index is 10.4. The molecule has 0 aromatic carbocycles. The Balaban J connectivity index is 0. The molecule has 0 heterocycles. The average molecular weight is 288 g/mol. The van der Waals surface area contributed by atoms with Crippen LogP contribution in [0.2, 0.25) is 0 Å². The van der Waals surface area contributed by atoms with E-state index in [1.54, 1.807) is 0 Å². The molecule has 1 atom stereocenters. The van der Waals surface area contributed by atoms with E-state index in [2.05, 4.69) is 0 Å². The maximum absolute atomic E-state index is 10.4. The summed E-state index contributed by atoms with van der Waals surface area (Å²) < 4.78 is 10.4. The molecule has 13 heavy (non-hydrogen) atoms. The molecule has 0 aromatic heterocycles. The van der Waals surface area contributed by atoms with E-state index in [4.69, 9.17) is 20.0 Å². The minimum atomic E-state index is -4.87. The molecule has 0 saturated carbocycles. The second kappa shape index (κ2) is 6.13. The van der Waals surface area contributed by atoms with E-state index in [0.717, 1.165) is 0 Å². The molecule has 0 aromatic rings. The van der Waals surface area contributed by atoms with Crippen LogP contribution < -0.4 is 0 Å². The molecule has 1 unspecified atom stereocenters. The SMILES string of the molecule is O=C(O)CC(C(=O)O)P(=O)(O)O.[SrH2]. The van der Waals surface area contributed by atoms with Gasteiger partial charge in [-0.3, -0.25) is 14.2 Å². The summed E-state index contributed by atoms with van der Waals surface area (Å²) in [5.74, 6) is -3.38. The molecule has 0 radical (unpaired) electrons. The Bertz CT molecular complexity index is 245. The first-order chi connectivity index (χ1) is 5.25. The van der Waals surface area contributed by atoms with E-state index < -0.39 is 31.6 Å². The Hall–Kier alpha value is 0.571. The van der Waals surface area contributed by atoms with Crippen LogP contribution in [-0.4, -0.2) is 83.1 Å². The van der Waals surface area contributed by atoms with Crippen LogP contribution in [0.1, 0.15) is 6.42 Å². The third-order valence-corrected chi connectivity index (χ3v) is 2.27. The average Bonchev–Trinajstić information content (AvgIpc) is 1.79. The summed E-state index contributed by atoms with van der Waals surface area (Å²) in [7, 11) is -4.87. The molecule has 0 aliphatic heterocycles. The summed E-state index contributed by atoms with van der Waals surface area (Å²) >= 11 is 0. The molecule has 4 N–H and O–H groups in total. The van der Waals surface area contributed by atoms with Crippen LogP contribution in [0.25, 0.3) is 0 Å². The second-order valence-electron chi connectivity index (χ2n) is 2.04. The molecule has 0 amide bonds. The fourth-order valence-electron chi connectivity index (χ4n) is 0.515. The topological polar surface area (TPSA) is 132 Å². The van der Waals surface area contributed by atoms with Crippen LogP contribution in [-0.2, 0) is 14.2 Å². The first-order valence-electron chi connectivity index (χ1n) is 2.75. The number of carboxylic acids is 2. The second-order valence-corrected chi connectivity index (χ2v) is 3.84. The number of carboxylic acid groups (broad SMARTS) is 2. The Morgan fingerprint density at radius 1 is 1.23 bits per heavy atom. The molecule has 0 saturated heterocycles. The third kappa shape index (κ3) is 6.62. The molecular formula is C4H9O7PSr. The third-order valence-electron chi connectivity index (χ3n) is 1.06. The Morgan fingerprint density at radius 3 is 1.69 bits per heavy atom. The normalized spacial score (nSPS) is 12.8. The summed E-state index contributed by atoms with van der Waals surface area (Å²) in [4.78, 5) is 36.8. The number of aliphatic carboxylic acids is 2. The van der Waals surface area contributed by atoms with Crippen molar-refractivity contribution in [3.8, 4) is 0 Å². The van der Waals surface area contributed by atoms with E-state index in [1.807, 2.05) is 0 Å². The van der Waals surface area contributed by atoms with Crippen LogP contribution in [0.4, 0.5) is 0 Å². The summed E-state index contributed by atoms with van der Waals surface area (Å²) in [5.41, 5.74) is -2.16. The van der Waals surface area contributed by atoms with E-state index in [0.29, 0.717) is 0 Å². The zero-order valence-electron chi connectivity index (χ0n) is 5.75. The van der Waals surface area contributed by atoms with Gasteiger partial charge < -0.3 is 20.0 Å². The van der Waals surface area contributed by atoms with Gasteiger partial charge >= 0.3 is 65.0 Å². The van der Waals surface area contributed by atoms with E-state index in [9.17, 15) is 14.2 Å². The molecular weight excluding hydrogens is 279 g/mol. The zero-order valence-corrected chi connectivity index (χ0v) is 6.64. The van der Waals surface area contributed by atoms with Crippen LogP contribution in [0.15, 0.2) is 0 Å². The van der Waals surface area contributed by atoms with E-state index in [-0.39, 0.29) is 45.5 Å². The number of carbonyl (C=O) groups is 2. The van der Waals surface area contributed by atoms with E-state index >= 15 is 0 Å². The van der Waals surface area contributed by atoms with Gasteiger partial charge in [0, 0.05) is 0 Å². The molecule has 0 bridgehead atoms. The van der Waals surface area contributed by atoms with Gasteiger partial charge in [0.2, 0.25) is 0 Å². The predicted molar refractivity (Wildman–Crippen MR) is 44.3 cm³/mol. The van der Waals surface area contributed by atoms with Gasteiger partial charge in [0.1, 0.15) is 0 Å². The first-order valence-corrected chi connectivity index (χ1v) is 4.43. The van der Waals surface area contributed by atoms with Gasteiger partial charge in [-0.25, -0.2) is 0 Å². The van der Waals surface area contributed by atoms with Crippen molar-refractivity contribution in [2.75, 3.05) is 0 Å². The Morgan fingerprint density at radius 2 is 1.62 bits per heavy atom. The monoisotopic (exact) mass is 288 g/mol. The van der Waals surface area contributed by atoms with Gasteiger partial charge in [0.15, 0.2) is 5.66 Å². The fourth-order valence-corrected chi connectivity index (χ4v) is 1.20. The van der Waals surface area contributed by atoms with Crippen molar-refractivity contribution in [2.45, 2.75) is 12.1 Å². The van der Waals surface area contributed by atoms with Crippen LogP contribution in [0.3, 0.4) is 0 Å². The molecule has 0 spiro atoms. The predicted octanol–water partition coefficient (Wildman–Crippen LogP) is -1.82. The van der Waals surface area contributed by atoms with E-state index in [1.165, 1.54) is 0 Å². The number of hydrogen-bond acceptors (Lipinski definition) is 3. The van der Waals surface area contributed by atoms with Crippen molar-refractivity contribution in [2.24, 2.45) is 0 Å². The fraction of sp³-hybridized carbons (Fsp3) is 0.500. The first kappa shape index (κ1) is 16.0. The molecule has 0 aliphatic carbocycles.